The molecule has 60 valence electrons. The molecule has 0 atom stereocenters. The van der Waals surface area contributed by atoms with Crippen LogP contribution in [0.1, 0.15) is 5.56 Å². The van der Waals surface area contributed by atoms with Gasteiger partial charge in [0.2, 0.25) is 0 Å². The summed E-state index contributed by atoms with van der Waals surface area (Å²) in [6.45, 7) is 0.115. The number of nitrogens with two attached hydrogens (primary N) is 1. The lowest BCUT2D eigenvalue weighted by molar-refractivity contribution is 0.464. The summed E-state index contributed by atoms with van der Waals surface area (Å²) in [4.78, 5) is 0. The van der Waals surface area contributed by atoms with Gasteiger partial charge in [-0.15, -0.1) is 0 Å². The molecule has 2 nitrogen and oxygen atoms in total. The Kier molecular flexibility index (Phi) is 2.46. The highest BCUT2D eigenvalue weighted by molar-refractivity contribution is 9.10. The van der Waals surface area contributed by atoms with Crippen molar-refractivity contribution in [3.05, 3.63) is 28.0 Å². The minimum Gasteiger partial charge on any atom is -0.508 e. The maximum atomic E-state index is 12.7. The van der Waals surface area contributed by atoms with Crippen LogP contribution >= 0.6 is 15.9 Å². The fourth-order valence-electron chi connectivity index (χ4n) is 0.777. The van der Waals surface area contributed by atoms with Gasteiger partial charge in [0.05, 0.1) is 4.47 Å². The molecule has 0 unspecified atom stereocenters. The molecule has 0 heterocycles. The second kappa shape index (κ2) is 3.19. The van der Waals surface area contributed by atoms with Crippen LogP contribution in [-0.2, 0) is 6.54 Å². The van der Waals surface area contributed by atoms with E-state index in [0.29, 0.717) is 5.56 Å². The van der Waals surface area contributed by atoms with Gasteiger partial charge >= 0.3 is 0 Å². The van der Waals surface area contributed by atoms with Crippen LogP contribution in [0.3, 0.4) is 0 Å². The van der Waals surface area contributed by atoms with E-state index in [2.05, 4.69) is 15.9 Å². The molecule has 1 aromatic rings. The monoisotopic (exact) mass is 219 g/mol. The molecule has 0 bridgehead atoms. The summed E-state index contributed by atoms with van der Waals surface area (Å²) in [5, 5.41) is 9.14. The molecule has 0 aliphatic heterocycles. The van der Waals surface area contributed by atoms with Gasteiger partial charge in [-0.25, -0.2) is 4.39 Å². The van der Waals surface area contributed by atoms with E-state index in [-0.39, 0.29) is 16.8 Å². The summed E-state index contributed by atoms with van der Waals surface area (Å²) in [6, 6.07) is 2.46. The lowest BCUT2D eigenvalue weighted by Crippen LogP contribution is -1.99. The van der Waals surface area contributed by atoms with Gasteiger partial charge in [-0.2, -0.15) is 0 Å². The summed E-state index contributed by atoms with van der Waals surface area (Å²) >= 11 is 2.98. The molecular formula is C7H7BrFNO. The van der Waals surface area contributed by atoms with Crippen LogP contribution in [0.2, 0.25) is 0 Å². The number of phenolic OH excluding ortho intramolecular Hbond substituents is 1. The lowest BCUT2D eigenvalue weighted by atomic mass is 10.2. The molecule has 11 heavy (non-hydrogen) atoms. The third kappa shape index (κ3) is 1.52. The zero-order valence-electron chi connectivity index (χ0n) is 5.64. The summed E-state index contributed by atoms with van der Waals surface area (Å²) in [5.74, 6) is -0.399. The van der Waals surface area contributed by atoms with E-state index in [1.165, 1.54) is 12.1 Å². The Morgan fingerprint density at radius 2 is 2.18 bits per heavy atom. The molecular weight excluding hydrogens is 213 g/mol. The number of rotatable bonds is 1. The SMILES string of the molecule is NCc1c(O)ccc(F)c1Br. The van der Waals surface area contributed by atoms with Gasteiger partial charge in [0.1, 0.15) is 11.6 Å². The average Bonchev–Trinajstić information content (AvgIpc) is 1.99. The third-order valence-electron chi connectivity index (χ3n) is 1.38. The first-order valence-corrected chi connectivity index (χ1v) is 3.82. The number of halogens is 2. The smallest absolute Gasteiger partial charge is 0.137 e. The summed E-state index contributed by atoms with van der Waals surface area (Å²) < 4.78 is 13.0. The maximum absolute atomic E-state index is 12.7. The molecule has 0 radical (unpaired) electrons. The average molecular weight is 220 g/mol. The van der Waals surface area contributed by atoms with E-state index in [1.54, 1.807) is 0 Å². The van der Waals surface area contributed by atoms with Gasteiger partial charge in [0, 0.05) is 12.1 Å². The summed E-state index contributed by atoms with van der Waals surface area (Å²) in [6.07, 6.45) is 0. The maximum Gasteiger partial charge on any atom is 0.137 e. The van der Waals surface area contributed by atoms with Crippen molar-refractivity contribution in [3.8, 4) is 5.75 Å². The second-order valence-electron chi connectivity index (χ2n) is 2.06. The molecule has 0 saturated carbocycles. The molecule has 0 amide bonds. The fourth-order valence-corrected chi connectivity index (χ4v) is 1.27. The third-order valence-corrected chi connectivity index (χ3v) is 2.23. The van der Waals surface area contributed by atoms with Crippen molar-refractivity contribution in [2.24, 2.45) is 5.73 Å². The van der Waals surface area contributed by atoms with Gasteiger partial charge < -0.3 is 10.8 Å². The van der Waals surface area contributed by atoms with Gasteiger partial charge in [0.25, 0.3) is 0 Å². The first-order valence-electron chi connectivity index (χ1n) is 3.02. The summed E-state index contributed by atoms with van der Waals surface area (Å²) in [5.41, 5.74) is 5.66. The molecule has 0 aromatic heterocycles. The minimum atomic E-state index is -0.414. The molecule has 1 aromatic carbocycles. The Bertz CT molecular complexity index is 277. The van der Waals surface area contributed by atoms with E-state index < -0.39 is 5.82 Å². The van der Waals surface area contributed by atoms with Gasteiger partial charge in [0.15, 0.2) is 0 Å². The second-order valence-corrected chi connectivity index (χ2v) is 2.86. The normalized spacial score (nSPS) is 10.1. The highest BCUT2D eigenvalue weighted by Gasteiger charge is 2.08. The minimum absolute atomic E-state index is 0.0146. The molecule has 0 saturated heterocycles. The van der Waals surface area contributed by atoms with Crippen LogP contribution in [-0.4, -0.2) is 5.11 Å². The first kappa shape index (κ1) is 8.49. The van der Waals surface area contributed by atoms with Crippen LogP contribution in [0.15, 0.2) is 16.6 Å². The number of aromatic hydroxyl groups is 1. The molecule has 1 rings (SSSR count). The number of hydrogen-bond acceptors (Lipinski definition) is 2. The topological polar surface area (TPSA) is 46.2 Å². The van der Waals surface area contributed by atoms with Crippen LogP contribution in [0.4, 0.5) is 4.39 Å². The van der Waals surface area contributed by atoms with Crippen molar-refractivity contribution >= 4 is 15.9 Å². The Labute approximate surface area is 72.0 Å². The van der Waals surface area contributed by atoms with Crippen molar-refractivity contribution in [1.82, 2.24) is 0 Å². The van der Waals surface area contributed by atoms with Gasteiger partial charge in [-0.3, -0.25) is 0 Å². The molecule has 0 spiro atoms. The fraction of sp³-hybridized carbons (Fsp3) is 0.143. The van der Waals surface area contributed by atoms with Crippen LogP contribution < -0.4 is 5.73 Å². The Hall–Kier alpha value is -0.610. The number of benzene rings is 1. The number of phenols is 1. The van der Waals surface area contributed by atoms with Crippen molar-refractivity contribution in [2.45, 2.75) is 6.54 Å². The molecule has 0 aliphatic rings. The van der Waals surface area contributed by atoms with E-state index >= 15 is 0 Å². The van der Waals surface area contributed by atoms with Crippen molar-refractivity contribution in [1.29, 1.82) is 0 Å². The summed E-state index contributed by atoms with van der Waals surface area (Å²) in [7, 11) is 0. The van der Waals surface area contributed by atoms with Crippen molar-refractivity contribution < 1.29 is 9.50 Å². The highest BCUT2D eigenvalue weighted by atomic mass is 79.9. The zero-order chi connectivity index (χ0) is 8.43. The van der Waals surface area contributed by atoms with E-state index in [0.717, 1.165) is 0 Å². The van der Waals surface area contributed by atoms with Crippen LogP contribution in [0.5, 0.6) is 5.75 Å². The quantitative estimate of drug-likeness (QED) is 0.757. The predicted molar refractivity (Wildman–Crippen MR) is 43.7 cm³/mol. The molecule has 0 aliphatic carbocycles. The highest BCUT2D eigenvalue weighted by Crippen LogP contribution is 2.27. The molecule has 0 fully saturated rings. The largest absolute Gasteiger partial charge is 0.508 e. The van der Waals surface area contributed by atoms with Gasteiger partial charge in [-0.1, -0.05) is 0 Å². The Balaban J connectivity index is 3.29. The van der Waals surface area contributed by atoms with Crippen LogP contribution in [0, 0.1) is 5.82 Å². The van der Waals surface area contributed by atoms with Crippen LogP contribution in [0.25, 0.3) is 0 Å². The van der Waals surface area contributed by atoms with Crippen molar-refractivity contribution in [2.75, 3.05) is 0 Å². The Morgan fingerprint density at radius 3 is 2.64 bits per heavy atom. The number of hydrogen-bond donors (Lipinski definition) is 2. The van der Waals surface area contributed by atoms with E-state index in [1.807, 2.05) is 0 Å². The van der Waals surface area contributed by atoms with Gasteiger partial charge in [-0.05, 0) is 28.1 Å². The first-order chi connectivity index (χ1) is 5.16. The standard InChI is InChI=1S/C7H7BrFNO/c8-7-4(3-10)6(11)2-1-5(7)9/h1-2,11H,3,10H2. The molecule has 4 heteroatoms. The van der Waals surface area contributed by atoms with E-state index in [4.69, 9.17) is 10.8 Å². The van der Waals surface area contributed by atoms with E-state index in [9.17, 15) is 4.39 Å². The zero-order valence-corrected chi connectivity index (χ0v) is 7.23. The lowest BCUT2D eigenvalue weighted by Gasteiger charge is -2.04. The van der Waals surface area contributed by atoms with Crippen molar-refractivity contribution in [3.63, 3.8) is 0 Å². The Morgan fingerprint density at radius 1 is 1.55 bits per heavy atom. The molecule has 3 N–H and O–H groups in total. The predicted octanol–water partition coefficient (Wildman–Crippen LogP) is 1.75.